The normalized spacial score (nSPS) is 13.9. The van der Waals surface area contributed by atoms with Crippen molar-refractivity contribution in [1.82, 2.24) is 9.55 Å². The van der Waals surface area contributed by atoms with Gasteiger partial charge in [0.05, 0.1) is 0 Å². The molecule has 8 rings (SSSR count). The van der Waals surface area contributed by atoms with Gasteiger partial charge < -0.3 is 14.4 Å². The van der Waals surface area contributed by atoms with E-state index in [1.54, 1.807) is 11.8 Å². The number of rotatable bonds is 6. The van der Waals surface area contributed by atoms with Crippen molar-refractivity contribution in [3.63, 3.8) is 0 Å². The zero-order chi connectivity index (χ0) is 42.1. The van der Waals surface area contributed by atoms with E-state index in [2.05, 4.69) is 232 Å². The van der Waals surface area contributed by atoms with Gasteiger partial charge in [0.2, 0.25) is 0 Å². The summed E-state index contributed by atoms with van der Waals surface area (Å²) in [4.78, 5) is 11.6. The van der Waals surface area contributed by atoms with E-state index in [1.165, 1.54) is 39.0 Å². The van der Waals surface area contributed by atoms with E-state index in [1.807, 2.05) is 6.20 Å². The van der Waals surface area contributed by atoms with Crippen LogP contribution < -0.4 is 9.80 Å². The van der Waals surface area contributed by atoms with Crippen LogP contribution in [-0.2, 0) is 37.3 Å². The van der Waals surface area contributed by atoms with Crippen LogP contribution in [0.3, 0.4) is 0 Å². The number of nitrogens with zero attached hydrogens (tertiary/aromatic N) is 4. The van der Waals surface area contributed by atoms with Crippen LogP contribution in [0.5, 0.6) is 0 Å². The SMILES string of the molecule is CC(C)(C)C1=CN(c2cc(C(C)(C)C)cc(C(C)(C)C)c2)[CH-]N1c1[c-]c(Sc2[c-]c3c(cc2)c2ccccc2n3-c2cc(C(C)(C)C)ccn2)cc(-c2ccccc2)c1.[Pt]. The number of anilines is 2. The van der Waals surface area contributed by atoms with E-state index in [-0.39, 0.29) is 42.7 Å². The first-order valence-corrected chi connectivity index (χ1v) is 21.6. The summed E-state index contributed by atoms with van der Waals surface area (Å²) in [5.41, 5.74) is 11.6. The van der Waals surface area contributed by atoms with E-state index < -0.39 is 0 Å². The van der Waals surface area contributed by atoms with Crippen molar-refractivity contribution >= 4 is 44.9 Å². The van der Waals surface area contributed by atoms with Gasteiger partial charge in [-0.15, -0.1) is 69.1 Å². The number of hydrogen-bond acceptors (Lipinski definition) is 4. The van der Waals surface area contributed by atoms with Gasteiger partial charge in [0.25, 0.3) is 0 Å². The number of fused-ring (bicyclic) bond motifs is 3. The molecule has 312 valence electrons. The Hall–Kier alpha value is -4.57. The van der Waals surface area contributed by atoms with Crippen molar-refractivity contribution in [3.05, 3.63) is 163 Å². The summed E-state index contributed by atoms with van der Waals surface area (Å²) >= 11 is 1.70. The van der Waals surface area contributed by atoms with Crippen molar-refractivity contribution in [3.8, 4) is 16.9 Å². The van der Waals surface area contributed by atoms with Crippen LogP contribution in [0.15, 0.2) is 137 Å². The van der Waals surface area contributed by atoms with Crippen LogP contribution in [0.1, 0.15) is 99.8 Å². The number of pyridine rings is 1. The Balaban J connectivity index is 0.00000544. The molecule has 5 aromatic carbocycles. The summed E-state index contributed by atoms with van der Waals surface area (Å²) in [5.74, 6) is 0.903. The zero-order valence-electron chi connectivity index (χ0n) is 37.1. The second kappa shape index (κ2) is 16.0. The minimum atomic E-state index is -0.145. The van der Waals surface area contributed by atoms with Crippen LogP contribution in [-0.4, -0.2) is 9.55 Å². The molecule has 1 aliphatic rings. The molecule has 6 heteroatoms. The molecule has 0 N–H and O–H groups in total. The Bertz CT molecular complexity index is 2680. The van der Waals surface area contributed by atoms with Gasteiger partial charge in [-0.1, -0.05) is 143 Å². The van der Waals surface area contributed by atoms with Crippen molar-refractivity contribution in [2.75, 3.05) is 9.80 Å². The maximum absolute atomic E-state index is 4.91. The van der Waals surface area contributed by atoms with Gasteiger partial charge in [-0.25, -0.2) is 4.98 Å². The summed E-state index contributed by atoms with van der Waals surface area (Å²) < 4.78 is 2.27. The number of aromatic nitrogens is 2. The molecule has 0 atom stereocenters. The van der Waals surface area contributed by atoms with Crippen molar-refractivity contribution < 1.29 is 21.1 Å². The van der Waals surface area contributed by atoms with Gasteiger partial charge in [0, 0.05) is 49.6 Å². The zero-order valence-corrected chi connectivity index (χ0v) is 40.2. The second-order valence-corrected chi connectivity index (χ2v) is 21.2. The fourth-order valence-corrected chi connectivity index (χ4v) is 8.60. The molecule has 0 aliphatic carbocycles. The Kier molecular flexibility index (Phi) is 11.6. The minimum Gasteiger partial charge on any atom is -0.497 e. The molecule has 0 fully saturated rings. The van der Waals surface area contributed by atoms with Crippen LogP contribution in [0.2, 0.25) is 0 Å². The molecule has 0 amide bonds. The Labute approximate surface area is 377 Å². The van der Waals surface area contributed by atoms with Gasteiger partial charge in [0.15, 0.2) is 0 Å². The first-order valence-electron chi connectivity index (χ1n) is 20.8. The Morgan fingerprint density at radius 1 is 0.567 bits per heavy atom. The van der Waals surface area contributed by atoms with Crippen LogP contribution in [0.25, 0.3) is 38.8 Å². The molecule has 0 radical (unpaired) electrons. The number of benzene rings is 5. The smallest absolute Gasteiger partial charge is 0.135 e. The minimum absolute atomic E-state index is 0. The Morgan fingerprint density at radius 2 is 1.22 bits per heavy atom. The van der Waals surface area contributed by atoms with E-state index in [4.69, 9.17) is 4.98 Å². The van der Waals surface area contributed by atoms with Crippen molar-refractivity contribution in [2.45, 2.75) is 109 Å². The monoisotopic (exact) mass is 988 g/mol. The molecule has 3 heterocycles. The Morgan fingerprint density at radius 3 is 1.87 bits per heavy atom. The quantitative estimate of drug-likeness (QED) is 0.155. The average Bonchev–Trinajstić information content (AvgIpc) is 3.78. The third-order valence-electron chi connectivity index (χ3n) is 11.3. The molecule has 4 nitrogen and oxygen atoms in total. The predicted octanol–water partition coefficient (Wildman–Crippen LogP) is 14.8. The molecule has 1 aliphatic heterocycles. The van der Waals surface area contributed by atoms with E-state index >= 15 is 0 Å². The van der Waals surface area contributed by atoms with E-state index in [0.717, 1.165) is 43.3 Å². The molecule has 2 aromatic heterocycles. The first-order chi connectivity index (χ1) is 27.7. The summed E-state index contributed by atoms with van der Waals surface area (Å²) in [6.45, 7) is 29.7. The number of hydrogen-bond donors (Lipinski definition) is 0. The van der Waals surface area contributed by atoms with Crippen LogP contribution >= 0.6 is 11.8 Å². The van der Waals surface area contributed by atoms with Crippen LogP contribution in [0, 0.1) is 24.2 Å². The first kappa shape index (κ1) is 43.5. The molecule has 60 heavy (non-hydrogen) atoms. The molecule has 0 saturated carbocycles. The molecule has 0 spiro atoms. The van der Waals surface area contributed by atoms with Gasteiger partial charge in [-0.3, -0.25) is 0 Å². The predicted molar refractivity (Wildman–Crippen MR) is 252 cm³/mol. The van der Waals surface area contributed by atoms with Gasteiger partial charge in [-0.05, 0) is 80.4 Å². The largest absolute Gasteiger partial charge is 0.497 e. The molecular formula is C54H57N4PtS-3. The molecule has 0 saturated heterocycles. The summed E-state index contributed by atoms with van der Waals surface area (Å²) in [5, 5.41) is 2.35. The summed E-state index contributed by atoms with van der Waals surface area (Å²) in [6.07, 6.45) is 4.25. The topological polar surface area (TPSA) is 24.3 Å². The van der Waals surface area contributed by atoms with Crippen molar-refractivity contribution in [1.29, 1.82) is 0 Å². The van der Waals surface area contributed by atoms with E-state index in [0.29, 0.717) is 0 Å². The maximum atomic E-state index is 4.91. The van der Waals surface area contributed by atoms with Gasteiger partial charge in [-0.2, -0.15) is 12.1 Å². The molecule has 0 unspecified atom stereocenters. The summed E-state index contributed by atoms with van der Waals surface area (Å²) in [7, 11) is 0. The van der Waals surface area contributed by atoms with Crippen molar-refractivity contribution in [2.24, 2.45) is 5.41 Å². The number of allylic oxidation sites excluding steroid dienone is 1. The third kappa shape index (κ3) is 8.77. The third-order valence-corrected chi connectivity index (χ3v) is 12.2. The second-order valence-electron chi connectivity index (χ2n) is 20.1. The van der Waals surface area contributed by atoms with Gasteiger partial charge >= 0.3 is 0 Å². The molecule has 0 bridgehead atoms. The molecule has 7 aromatic rings. The standard InChI is InChI=1S/C54H57N4S.Pt/c1-51(2,3)38-24-25-55-50(31-38)58-47-21-17-16-20-45(47)46-23-22-43(33-48(46)58)59-44-27-37(36-18-14-13-15-19-36)26-42(32-44)57-35-56(34-49(57)54(10,11)12)41-29-39(52(4,5)6)28-40(30-41)53(7,8)9;/h13-31,34-35H,1-12H3;/q-3;. The van der Waals surface area contributed by atoms with E-state index in [9.17, 15) is 0 Å². The molecular weight excluding hydrogens is 932 g/mol. The number of para-hydroxylation sites is 1. The van der Waals surface area contributed by atoms with Gasteiger partial charge in [0.1, 0.15) is 5.82 Å². The average molecular weight is 989 g/mol. The fourth-order valence-electron chi connectivity index (χ4n) is 7.74. The van der Waals surface area contributed by atoms with Crippen LogP contribution in [0.4, 0.5) is 11.4 Å². The maximum Gasteiger partial charge on any atom is 0.135 e. The fraction of sp³-hybridized carbons (Fsp3) is 0.296. The summed E-state index contributed by atoms with van der Waals surface area (Å²) in [6, 6.07) is 47.5.